The minimum atomic E-state index is -0.281. The summed E-state index contributed by atoms with van der Waals surface area (Å²) < 4.78 is 0. The van der Waals surface area contributed by atoms with Gasteiger partial charge < -0.3 is 16.0 Å². The first-order valence-corrected chi connectivity index (χ1v) is 12.0. The van der Waals surface area contributed by atoms with Gasteiger partial charge in [-0.05, 0) is 72.5 Å². The van der Waals surface area contributed by atoms with E-state index in [9.17, 15) is 9.59 Å². The molecule has 1 aliphatic rings. The second-order valence-electron chi connectivity index (χ2n) is 9.52. The quantitative estimate of drug-likeness (QED) is 0.383. The smallest absolute Gasteiger partial charge is 0.259 e. The van der Waals surface area contributed by atoms with E-state index < -0.39 is 0 Å². The van der Waals surface area contributed by atoms with Crippen molar-refractivity contribution in [1.82, 2.24) is 24.8 Å². The Morgan fingerprint density at radius 2 is 2.03 bits per heavy atom. The van der Waals surface area contributed by atoms with Gasteiger partial charge in [0, 0.05) is 36.4 Å². The Hall–Kier alpha value is -4.11. The molecule has 2 atom stereocenters. The Balaban J connectivity index is 1.45. The summed E-state index contributed by atoms with van der Waals surface area (Å²) in [6.07, 6.45) is 7.49. The van der Waals surface area contributed by atoms with E-state index in [0.29, 0.717) is 35.3 Å². The van der Waals surface area contributed by atoms with Crippen LogP contribution in [0.2, 0.25) is 0 Å². The summed E-state index contributed by atoms with van der Waals surface area (Å²) in [4.78, 5) is 41.9. The van der Waals surface area contributed by atoms with E-state index in [1.54, 1.807) is 18.6 Å². The van der Waals surface area contributed by atoms with Crippen molar-refractivity contribution in [2.45, 2.75) is 26.2 Å². The minimum absolute atomic E-state index is 0.205. The van der Waals surface area contributed by atoms with Crippen molar-refractivity contribution in [1.29, 1.82) is 0 Å². The third-order valence-electron chi connectivity index (χ3n) is 6.91. The lowest BCUT2D eigenvalue weighted by molar-refractivity contribution is -0.119. The van der Waals surface area contributed by atoms with Gasteiger partial charge in [0.05, 0.1) is 17.6 Å². The van der Waals surface area contributed by atoms with Gasteiger partial charge in [0.1, 0.15) is 12.1 Å². The van der Waals surface area contributed by atoms with Gasteiger partial charge in [-0.1, -0.05) is 13.0 Å². The number of nitrogens with one attached hydrogen (secondary N) is 2. The summed E-state index contributed by atoms with van der Waals surface area (Å²) in [6, 6.07) is 10.0. The topological polar surface area (TPSA) is 130 Å². The third-order valence-corrected chi connectivity index (χ3v) is 6.91. The summed E-state index contributed by atoms with van der Waals surface area (Å²) in [5, 5.41) is 4.65. The Labute approximate surface area is 208 Å². The summed E-state index contributed by atoms with van der Waals surface area (Å²) in [5.41, 5.74) is 9.96. The maximum Gasteiger partial charge on any atom is 0.259 e. The van der Waals surface area contributed by atoms with Gasteiger partial charge in [-0.2, -0.15) is 0 Å². The average molecular weight is 484 g/mol. The highest BCUT2D eigenvalue weighted by Crippen LogP contribution is 2.36. The van der Waals surface area contributed by atoms with Crippen LogP contribution in [0.5, 0.6) is 0 Å². The molecule has 4 aromatic rings. The fourth-order valence-corrected chi connectivity index (χ4v) is 5.25. The summed E-state index contributed by atoms with van der Waals surface area (Å²) in [6.45, 7) is 6.35. The SMILES string of the molecule is Cc1cc(Nc2nc(-c3cncnc3)cc3cc[nH]c(=O)c23)ccc1C1CCN(CC(N)=O)CC1C. The number of carbonyl (C=O) groups is 1. The molecule has 1 aromatic carbocycles. The van der Waals surface area contributed by atoms with Crippen molar-refractivity contribution in [3.63, 3.8) is 0 Å². The highest BCUT2D eigenvalue weighted by Gasteiger charge is 2.28. The fraction of sp³-hybridized carbons (Fsp3) is 0.296. The number of aromatic nitrogens is 4. The van der Waals surface area contributed by atoms with E-state index in [1.165, 1.54) is 17.5 Å². The Kier molecular flexibility index (Phi) is 6.47. The zero-order valence-corrected chi connectivity index (χ0v) is 20.4. The molecule has 9 nitrogen and oxygen atoms in total. The van der Waals surface area contributed by atoms with Gasteiger partial charge in [0.15, 0.2) is 0 Å². The molecule has 4 heterocycles. The number of nitrogens with zero attached hydrogens (tertiary/aromatic N) is 4. The van der Waals surface area contributed by atoms with Crippen molar-refractivity contribution >= 4 is 28.2 Å². The first kappa shape index (κ1) is 23.6. The molecule has 36 heavy (non-hydrogen) atoms. The van der Waals surface area contributed by atoms with Gasteiger partial charge in [0.2, 0.25) is 5.91 Å². The number of anilines is 2. The van der Waals surface area contributed by atoms with Crippen molar-refractivity contribution in [2.75, 3.05) is 25.0 Å². The van der Waals surface area contributed by atoms with E-state index in [-0.39, 0.29) is 11.5 Å². The van der Waals surface area contributed by atoms with Crippen molar-refractivity contribution in [3.8, 4) is 11.3 Å². The second-order valence-corrected chi connectivity index (χ2v) is 9.52. The number of nitrogens with two attached hydrogens (primary N) is 1. The van der Waals surface area contributed by atoms with Gasteiger partial charge in [-0.25, -0.2) is 15.0 Å². The minimum Gasteiger partial charge on any atom is -0.369 e. The first-order chi connectivity index (χ1) is 17.4. The third kappa shape index (κ3) is 4.83. The molecule has 0 saturated carbocycles. The number of hydrogen-bond acceptors (Lipinski definition) is 7. The van der Waals surface area contributed by atoms with Crippen molar-refractivity contribution in [2.24, 2.45) is 11.7 Å². The predicted molar refractivity (Wildman–Crippen MR) is 140 cm³/mol. The lowest BCUT2D eigenvalue weighted by Gasteiger charge is -2.37. The molecule has 1 amide bonds. The number of H-pyrrole nitrogens is 1. The number of aromatic amines is 1. The van der Waals surface area contributed by atoms with E-state index in [4.69, 9.17) is 10.7 Å². The van der Waals surface area contributed by atoms with Crippen molar-refractivity contribution in [3.05, 3.63) is 76.7 Å². The molecule has 0 radical (unpaired) electrons. The molecule has 5 rings (SSSR count). The molecule has 9 heteroatoms. The molecular formula is C27H29N7O2. The number of primary amides is 1. The van der Waals surface area contributed by atoms with Crippen LogP contribution in [0.15, 0.2) is 60.0 Å². The number of rotatable bonds is 6. The Morgan fingerprint density at radius 1 is 1.22 bits per heavy atom. The van der Waals surface area contributed by atoms with Crippen LogP contribution in [-0.2, 0) is 4.79 Å². The number of carbonyl (C=O) groups excluding carboxylic acids is 1. The van der Waals surface area contributed by atoms with Crippen LogP contribution in [0.4, 0.5) is 11.5 Å². The maximum atomic E-state index is 12.7. The molecule has 2 unspecified atom stereocenters. The molecule has 1 fully saturated rings. The van der Waals surface area contributed by atoms with Gasteiger partial charge in [0.25, 0.3) is 5.56 Å². The van der Waals surface area contributed by atoms with E-state index >= 15 is 0 Å². The number of amides is 1. The summed E-state index contributed by atoms with van der Waals surface area (Å²) in [5.74, 6) is 1.01. The number of piperidine rings is 1. The summed E-state index contributed by atoms with van der Waals surface area (Å²) >= 11 is 0. The molecule has 0 bridgehead atoms. The van der Waals surface area contributed by atoms with Crippen LogP contribution < -0.4 is 16.6 Å². The highest BCUT2D eigenvalue weighted by atomic mass is 16.1. The normalized spacial score (nSPS) is 18.3. The van der Waals surface area contributed by atoms with Gasteiger partial charge in [-0.3, -0.25) is 14.5 Å². The Bertz CT molecular complexity index is 1470. The monoisotopic (exact) mass is 483 g/mol. The van der Waals surface area contributed by atoms with Crippen LogP contribution in [0, 0.1) is 12.8 Å². The Morgan fingerprint density at radius 3 is 2.75 bits per heavy atom. The number of aryl methyl sites for hydroxylation is 1. The van der Waals surface area contributed by atoms with Gasteiger partial charge in [-0.15, -0.1) is 0 Å². The number of pyridine rings is 2. The van der Waals surface area contributed by atoms with Crippen LogP contribution >= 0.6 is 0 Å². The first-order valence-electron chi connectivity index (χ1n) is 12.0. The van der Waals surface area contributed by atoms with Crippen LogP contribution in [-0.4, -0.2) is 50.4 Å². The average Bonchev–Trinajstić information content (AvgIpc) is 2.85. The molecule has 1 aliphatic heterocycles. The fourth-order valence-electron chi connectivity index (χ4n) is 5.25. The highest BCUT2D eigenvalue weighted by molar-refractivity contribution is 5.95. The van der Waals surface area contributed by atoms with Gasteiger partial charge >= 0.3 is 0 Å². The zero-order valence-electron chi connectivity index (χ0n) is 20.4. The lowest BCUT2D eigenvalue weighted by Crippen LogP contribution is -2.42. The standard InChI is InChI=1S/C27H29N7O2/c1-16-9-20(3-4-21(16)22-6-8-34(13-17(22)2)14-24(28)35)32-26-25-18(5-7-31-27(25)36)10-23(33-26)19-11-29-15-30-12-19/h3-5,7,9-12,15,17,22H,6,8,13-14H2,1-2H3,(H2,28,35)(H,31,36)(H,32,33). The van der Waals surface area contributed by atoms with E-state index in [1.807, 2.05) is 18.2 Å². The van der Waals surface area contributed by atoms with E-state index in [0.717, 1.165) is 36.1 Å². The molecule has 0 aliphatic carbocycles. The van der Waals surface area contributed by atoms with Crippen molar-refractivity contribution < 1.29 is 4.79 Å². The number of hydrogen-bond donors (Lipinski definition) is 3. The van der Waals surface area contributed by atoms with Crippen LogP contribution in [0.25, 0.3) is 22.0 Å². The number of fused-ring (bicyclic) bond motifs is 1. The maximum absolute atomic E-state index is 12.7. The predicted octanol–water partition coefficient (Wildman–Crippen LogP) is 3.34. The lowest BCUT2D eigenvalue weighted by atomic mass is 9.80. The largest absolute Gasteiger partial charge is 0.369 e. The summed E-state index contributed by atoms with van der Waals surface area (Å²) in [7, 11) is 0. The molecule has 184 valence electrons. The van der Waals surface area contributed by atoms with Crippen LogP contribution in [0.3, 0.4) is 0 Å². The second kappa shape index (κ2) is 9.87. The number of likely N-dealkylation sites (tertiary alicyclic amines) is 1. The molecule has 3 aromatic heterocycles. The molecule has 4 N–H and O–H groups in total. The number of benzene rings is 1. The zero-order chi connectivity index (χ0) is 25.2. The molecule has 1 saturated heterocycles. The van der Waals surface area contributed by atoms with Crippen LogP contribution in [0.1, 0.15) is 30.4 Å². The molecular weight excluding hydrogens is 454 g/mol. The molecule has 0 spiro atoms. The van der Waals surface area contributed by atoms with E-state index in [2.05, 4.69) is 51.1 Å².